The van der Waals surface area contributed by atoms with Crippen LogP contribution in [-0.2, 0) is 5.41 Å². The Balaban J connectivity index is 1.07. The Hall–Kier alpha value is -6.97. The van der Waals surface area contributed by atoms with Crippen molar-refractivity contribution in [2.24, 2.45) is 0 Å². The summed E-state index contributed by atoms with van der Waals surface area (Å²) in [7, 11) is 0. The lowest BCUT2D eigenvalue weighted by Crippen LogP contribution is -2.16. The molecule has 260 valence electrons. The Morgan fingerprint density at radius 3 is 2.02 bits per heavy atom. The molecule has 0 unspecified atom stereocenters. The first-order valence-corrected chi connectivity index (χ1v) is 18.9. The van der Waals surface area contributed by atoms with Crippen molar-refractivity contribution in [2.75, 3.05) is 4.90 Å². The van der Waals surface area contributed by atoms with Gasteiger partial charge in [0.15, 0.2) is 0 Å². The number of benzene rings is 8. The maximum absolute atomic E-state index is 6.65. The van der Waals surface area contributed by atoms with Gasteiger partial charge in [-0.15, -0.1) is 0 Å². The van der Waals surface area contributed by atoms with E-state index < -0.39 is 0 Å². The van der Waals surface area contributed by atoms with Crippen LogP contribution in [0.15, 0.2) is 187 Å². The van der Waals surface area contributed by atoms with Gasteiger partial charge in [-0.2, -0.15) is 0 Å². The molecule has 0 spiro atoms. The molecule has 1 aliphatic rings. The second-order valence-electron chi connectivity index (χ2n) is 15.2. The zero-order valence-corrected chi connectivity index (χ0v) is 30.6. The van der Waals surface area contributed by atoms with E-state index in [2.05, 4.69) is 188 Å². The first kappa shape index (κ1) is 31.5. The second kappa shape index (κ2) is 12.0. The number of hydrogen-bond acceptors (Lipinski definition) is 3. The number of hydrogen-bond donors (Lipinski definition) is 0. The van der Waals surface area contributed by atoms with Crippen LogP contribution < -0.4 is 4.90 Å². The fraction of sp³-hybridized carbons (Fsp3) is 0.0577. The van der Waals surface area contributed by atoms with Crippen molar-refractivity contribution < 1.29 is 4.42 Å². The van der Waals surface area contributed by atoms with Gasteiger partial charge in [0.25, 0.3) is 0 Å². The molecule has 10 aromatic rings. The van der Waals surface area contributed by atoms with Gasteiger partial charge in [0.1, 0.15) is 11.2 Å². The number of fused-ring (bicyclic) bond motifs is 9. The summed E-state index contributed by atoms with van der Waals surface area (Å²) in [5.74, 6) is 0. The number of anilines is 3. The fourth-order valence-corrected chi connectivity index (χ4v) is 9.07. The molecule has 0 saturated carbocycles. The summed E-state index contributed by atoms with van der Waals surface area (Å²) in [6.07, 6.45) is 3.74. The fourth-order valence-electron chi connectivity index (χ4n) is 9.07. The van der Waals surface area contributed by atoms with Crippen LogP contribution in [0.3, 0.4) is 0 Å². The van der Waals surface area contributed by atoms with Gasteiger partial charge < -0.3 is 9.32 Å². The Morgan fingerprint density at radius 1 is 0.455 bits per heavy atom. The van der Waals surface area contributed by atoms with Crippen LogP contribution >= 0.6 is 0 Å². The van der Waals surface area contributed by atoms with Crippen LogP contribution in [0, 0.1) is 0 Å². The molecule has 8 aromatic carbocycles. The molecule has 0 atom stereocenters. The monoisotopic (exact) mass is 704 g/mol. The van der Waals surface area contributed by atoms with E-state index in [1.165, 1.54) is 43.8 Å². The van der Waals surface area contributed by atoms with Crippen molar-refractivity contribution in [3.63, 3.8) is 0 Å². The normalized spacial score (nSPS) is 13.1. The average Bonchev–Trinajstić information content (AvgIpc) is 3.73. The number of pyridine rings is 1. The molecule has 0 bridgehead atoms. The molecule has 3 nitrogen and oxygen atoms in total. The maximum atomic E-state index is 6.65. The van der Waals surface area contributed by atoms with Crippen LogP contribution in [0.25, 0.3) is 76.9 Å². The van der Waals surface area contributed by atoms with Crippen molar-refractivity contribution in [1.29, 1.82) is 0 Å². The predicted molar refractivity (Wildman–Crippen MR) is 230 cm³/mol. The summed E-state index contributed by atoms with van der Waals surface area (Å²) in [5, 5.41) is 7.07. The van der Waals surface area contributed by atoms with Gasteiger partial charge in [-0.1, -0.05) is 129 Å². The molecule has 0 fully saturated rings. The summed E-state index contributed by atoms with van der Waals surface area (Å²) in [4.78, 5) is 6.81. The molecule has 11 rings (SSSR count). The first-order valence-electron chi connectivity index (χ1n) is 18.9. The highest BCUT2D eigenvalue weighted by molar-refractivity contribution is 6.25. The van der Waals surface area contributed by atoms with Crippen molar-refractivity contribution in [1.82, 2.24) is 4.98 Å². The Morgan fingerprint density at radius 2 is 1.16 bits per heavy atom. The molecule has 0 aliphatic heterocycles. The summed E-state index contributed by atoms with van der Waals surface area (Å²) < 4.78 is 6.65. The van der Waals surface area contributed by atoms with E-state index in [0.717, 1.165) is 61.3 Å². The van der Waals surface area contributed by atoms with Gasteiger partial charge in [-0.3, -0.25) is 4.98 Å². The summed E-state index contributed by atoms with van der Waals surface area (Å²) in [6, 6.07) is 61.6. The predicted octanol–water partition coefficient (Wildman–Crippen LogP) is 14.4. The van der Waals surface area contributed by atoms with E-state index >= 15 is 0 Å². The summed E-state index contributed by atoms with van der Waals surface area (Å²) in [6.45, 7) is 4.69. The number of nitrogens with zero attached hydrogens (tertiary/aromatic N) is 2. The molecule has 1 aliphatic carbocycles. The van der Waals surface area contributed by atoms with Crippen LogP contribution in [0.1, 0.15) is 25.0 Å². The lowest BCUT2D eigenvalue weighted by molar-refractivity contribution is 0.660. The molecule has 2 aromatic heterocycles. The van der Waals surface area contributed by atoms with E-state index in [0.29, 0.717) is 0 Å². The Kier molecular flexibility index (Phi) is 6.90. The minimum absolute atomic E-state index is 0.101. The van der Waals surface area contributed by atoms with E-state index in [9.17, 15) is 0 Å². The van der Waals surface area contributed by atoms with Gasteiger partial charge in [-0.25, -0.2) is 0 Å². The van der Waals surface area contributed by atoms with Gasteiger partial charge in [-0.05, 0) is 115 Å². The highest BCUT2D eigenvalue weighted by atomic mass is 16.3. The van der Waals surface area contributed by atoms with E-state index in [-0.39, 0.29) is 5.41 Å². The molecule has 2 heterocycles. The first-order chi connectivity index (χ1) is 27.0. The smallest absolute Gasteiger partial charge is 0.136 e. The molecule has 0 N–H and O–H groups in total. The summed E-state index contributed by atoms with van der Waals surface area (Å²) >= 11 is 0. The van der Waals surface area contributed by atoms with Crippen molar-refractivity contribution in [3.8, 4) is 33.4 Å². The number of aromatic nitrogens is 1. The lowest BCUT2D eigenvalue weighted by atomic mass is 9.82. The van der Waals surface area contributed by atoms with Crippen LogP contribution in [0.2, 0.25) is 0 Å². The van der Waals surface area contributed by atoms with Crippen LogP contribution in [0.5, 0.6) is 0 Å². The van der Waals surface area contributed by atoms with Crippen molar-refractivity contribution in [2.45, 2.75) is 19.3 Å². The standard InChI is InChI=1S/C52H36N2O/c1-52(2)46-18-8-7-15-42(46)43-27-26-39(30-47(43)52)54(38-25-20-33-11-3-4-12-35(33)29-38)37-23-21-34(22-24-37)45-31-49-51(44-16-6-5-14-41(44)45)50-40(17-9-19-48(50)55-49)36-13-10-28-53-32-36/h3-32H,1-2H3. The quantitative estimate of drug-likeness (QED) is 0.179. The molecule has 0 saturated heterocycles. The molecular formula is C52H36N2O. The van der Waals surface area contributed by atoms with Crippen molar-refractivity contribution >= 4 is 60.5 Å². The molecule has 3 heteroatoms. The summed E-state index contributed by atoms with van der Waals surface area (Å²) in [5.41, 5.74) is 14.9. The van der Waals surface area contributed by atoms with E-state index in [1.54, 1.807) is 0 Å². The minimum atomic E-state index is -0.101. The van der Waals surface area contributed by atoms with Gasteiger partial charge in [0, 0.05) is 51.2 Å². The number of furan rings is 1. The lowest BCUT2D eigenvalue weighted by Gasteiger charge is -2.28. The molecule has 0 radical (unpaired) electrons. The van der Waals surface area contributed by atoms with Gasteiger partial charge >= 0.3 is 0 Å². The van der Waals surface area contributed by atoms with E-state index in [1.807, 2.05) is 18.5 Å². The topological polar surface area (TPSA) is 29.3 Å². The van der Waals surface area contributed by atoms with Crippen molar-refractivity contribution in [3.05, 3.63) is 193 Å². The highest BCUT2D eigenvalue weighted by Gasteiger charge is 2.35. The third-order valence-electron chi connectivity index (χ3n) is 11.7. The van der Waals surface area contributed by atoms with Crippen LogP contribution in [-0.4, -0.2) is 4.98 Å². The molecular weight excluding hydrogens is 669 g/mol. The largest absolute Gasteiger partial charge is 0.456 e. The Labute approximate surface area is 319 Å². The van der Waals surface area contributed by atoms with Crippen LogP contribution in [0.4, 0.5) is 17.1 Å². The van der Waals surface area contributed by atoms with Gasteiger partial charge in [0.2, 0.25) is 0 Å². The number of rotatable bonds is 5. The Bertz CT molecular complexity index is 3120. The van der Waals surface area contributed by atoms with E-state index in [4.69, 9.17) is 4.42 Å². The third-order valence-corrected chi connectivity index (χ3v) is 11.7. The average molecular weight is 705 g/mol. The second-order valence-corrected chi connectivity index (χ2v) is 15.2. The zero-order valence-electron chi connectivity index (χ0n) is 30.6. The molecule has 55 heavy (non-hydrogen) atoms. The minimum Gasteiger partial charge on any atom is -0.456 e. The third kappa shape index (κ3) is 4.86. The highest BCUT2D eigenvalue weighted by Crippen LogP contribution is 2.51. The zero-order chi connectivity index (χ0) is 36.7. The SMILES string of the molecule is CC1(C)c2ccccc2-c2ccc(N(c3ccc(-c4cc5oc6cccc(-c7cccnc7)c6c5c5ccccc45)cc3)c3ccc4ccccc4c3)cc21. The molecule has 0 amide bonds. The van der Waals surface area contributed by atoms with Gasteiger partial charge in [0.05, 0.1) is 0 Å². The maximum Gasteiger partial charge on any atom is 0.136 e.